The predicted octanol–water partition coefficient (Wildman–Crippen LogP) is 1.19. The molecule has 3 N–H and O–H groups in total. The molecule has 0 radical (unpaired) electrons. The topological polar surface area (TPSA) is 82.0 Å². The lowest BCUT2D eigenvalue weighted by Gasteiger charge is -2.54. The first-order valence-corrected chi connectivity index (χ1v) is 10.1. The summed E-state index contributed by atoms with van der Waals surface area (Å²) in [4.78, 5) is 15.0. The van der Waals surface area contributed by atoms with Gasteiger partial charge in [-0.15, -0.1) is 0 Å². The first-order valence-electron chi connectivity index (χ1n) is 10.1. The van der Waals surface area contributed by atoms with Crippen molar-refractivity contribution in [3.63, 3.8) is 0 Å². The number of hydrogen-bond donors (Lipinski definition) is 3. The number of carbonyl (C=O) groups excluding carboxylic acids is 1. The van der Waals surface area contributed by atoms with Crippen LogP contribution in [-0.2, 0) is 9.53 Å². The highest BCUT2D eigenvalue weighted by atomic mass is 16.5. The fraction of sp³-hybridized carbons (Fsp3) is 0.667. The van der Waals surface area contributed by atoms with Crippen LogP contribution in [0.3, 0.4) is 0 Å². The van der Waals surface area contributed by atoms with Gasteiger partial charge in [0.15, 0.2) is 0 Å². The first kappa shape index (κ1) is 17.5. The molecule has 1 aromatic carbocycles. The Morgan fingerprint density at radius 2 is 2.07 bits per heavy atom. The molecule has 1 saturated carbocycles. The minimum absolute atomic E-state index is 0.0568. The second-order valence-corrected chi connectivity index (χ2v) is 8.72. The minimum Gasteiger partial charge on any atom is -0.469 e. The summed E-state index contributed by atoms with van der Waals surface area (Å²) < 4.78 is 4.99. The third-order valence-corrected chi connectivity index (χ3v) is 7.56. The zero-order valence-corrected chi connectivity index (χ0v) is 15.6. The number of anilines is 1. The smallest absolute Gasteiger partial charge is 0.311 e. The number of piperidine rings is 2. The number of rotatable bonds is 1. The second kappa shape index (κ2) is 6.47. The van der Waals surface area contributed by atoms with E-state index in [1.165, 1.54) is 18.4 Å². The van der Waals surface area contributed by atoms with Crippen molar-refractivity contribution in [1.82, 2.24) is 4.90 Å². The van der Waals surface area contributed by atoms with Crippen LogP contribution in [0.1, 0.15) is 30.7 Å². The highest BCUT2D eigenvalue weighted by Crippen LogP contribution is 2.50. The lowest BCUT2D eigenvalue weighted by atomic mass is 9.63. The molecule has 146 valence electrons. The Bertz CT molecular complexity index is 741. The standard InChI is InChI=1S/C21H28N2O4/c1-27-21(26)18-14-9-16-19-13(12-4-2-3-5-15(12)22-19)6-7-23(16)10-11(14)8-17(24)20(18)25/h2-5,11,13-14,16-20,22,24-25H,6-10H2,1H3. The molecule has 27 heavy (non-hydrogen) atoms. The molecule has 0 spiro atoms. The molecule has 0 amide bonds. The van der Waals surface area contributed by atoms with E-state index >= 15 is 0 Å². The quantitative estimate of drug-likeness (QED) is 0.643. The summed E-state index contributed by atoms with van der Waals surface area (Å²) in [5.74, 6) is -0.227. The molecule has 5 rings (SSSR count). The van der Waals surface area contributed by atoms with Gasteiger partial charge in [0.25, 0.3) is 0 Å². The maximum Gasteiger partial charge on any atom is 0.311 e. The number of nitrogens with zero attached hydrogens (tertiary/aromatic N) is 1. The van der Waals surface area contributed by atoms with E-state index < -0.39 is 18.1 Å². The first-order chi connectivity index (χ1) is 13.1. The van der Waals surface area contributed by atoms with Crippen LogP contribution in [0, 0.1) is 17.8 Å². The van der Waals surface area contributed by atoms with Gasteiger partial charge in [0.2, 0.25) is 0 Å². The summed E-state index contributed by atoms with van der Waals surface area (Å²) >= 11 is 0. The van der Waals surface area contributed by atoms with Crippen LogP contribution in [0.15, 0.2) is 24.3 Å². The van der Waals surface area contributed by atoms with Crippen LogP contribution in [0.2, 0.25) is 0 Å². The average Bonchev–Trinajstić information content (AvgIpc) is 3.06. The molecule has 3 fully saturated rings. The number of fused-ring (bicyclic) bond motifs is 6. The van der Waals surface area contributed by atoms with Crippen molar-refractivity contribution in [2.75, 3.05) is 25.5 Å². The van der Waals surface area contributed by atoms with E-state index in [4.69, 9.17) is 4.74 Å². The lowest BCUT2D eigenvalue weighted by Crippen LogP contribution is -2.63. The van der Waals surface area contributed by atoms with Gasteiger partial charge in [0, 0.05) is 30.2 Å². The number of para-hydroxylation sites is 1. The van der Waals surface area contributed by atoms with E-state index in [1.54, 1.807) is 0 Å². The third-order valence-electron chi connectivity index (χ3n) is 7.56. The van der Waals surface area contributed by atoms with E-state index in [9.17, 15) is 15.0 Å². The van der Waals surface area contributed by atoms with Gasteiger partial charge in [-0.1, -0.05) is 18.2 Å². The number of aliphatic hydroxyl groups excluding tert-OH is 2. The molecule has 4 aliphatic rings. The molecule has 3 heterocycles. The molecule has 2 saturated heterocycles. The molecule has 0 bridgehead atoms. The Hall–Kier alpha value is -1.63. The van der Waals surface area contributed by atoms with Crippen molar-refractivity contribution in [3.05, 3.63) is 29.8 Å². The van der Waals surface area contributed by atoms with Gasteiger partial charge >= 0.3 is 5.97 Å². The molecule has 6 heteroatoms. The predicted molar refractivity (Wildman–Crippen MR) is 100 cm³/mol. The molecule has 3 aliphatic heterocycles. The molecule has 0 aromatic heterocycles. The third kappa shape index (κ3) is 2.61. The Kier molecular flexibility index (Phi) is 4.18. The Balaban J connectivity index is 1.43. The summed E-state index contributed by atoms with van der Waals surface area (Å²) in [7, 11) is 1.37. The normalized spacial score (nSPS) is 42.9. The Morgan fingerprint density at radius 3 is 2.89 bits per heavy atom. The fourth-order valence-corrected chi connectivity index (χ4v) is 6.33. The maximum atomic E-state index is 12.4. The van der Waals surface area contributed by atoms with Gasteiger partial charge in [-0.25, -0.2) is 0 Å². The van der Waals surface area contributed by atoms with Crippen molar-refractivity contribution in [3.8, 4) is 0 Å². The molecular weight excluding hydrogens is 344 g/mol. The average molecular weight is 372 g/mol. The number of aliphatic hydroxyl groups is 2. The van der Waals surface area contributed by atoms with E-state index in [1.807, 2.05) is 0 Å². The number of carbonyl (C=O) groups is 1. The number of hydrogen-bond acceptors (Lipinski definition) is 6. The Labute approximate surface area is 159 Å². The molecule has 1 aromatic rings. The summed E-state index contributed by atoms with van der Waals surface area (Å²) in [6.45, 7) is 1.93. The fourth-order valence-electron chi connectivity index (χ4n) is 6.33. The van der Waals surface area contributed by atoms with Gasteiger partial charge in [0.05, 0.1) is 25.2 Å². The molecule has 1 aliphatic carbocycles. The van der Waals surface area contributed by atoms with Crippen molar-refractivity contribution < 1.29 is 19.7 Å². The summed E-state index contributed by atoms with van der Waals surface area (Å²) in [6.07, 6.45) is 0.672. The van der Waals surface area contributed by atoms with Gasteiger partial charge in [-0.05, 0) is 49.3 Å². The molecule has 8 unspecified atom stereocenters. The second-order valence-electron chi connectivity index (χ2n) is 8.72. The molecule has 8 atom stereocenters. The number of ether oxygens (including phenoxy) is 1. The Morgan fingerprint density at radius 1 is 1.26 bits per heavy atom. The summed E-state index contributed by atoms with van der Waals surface area (Å²) in [6, 6.07) is 9.25. The van der Waals surface area contributed by atoms with E-state index in [0.29, 0.717) is 24.4 Å². The van der Waals surface area contributed by atoms with Gasteiger partial charge < -0.3 is 20.3 Å². The zero-order valence-electron chi connectivity index (χ0n) is 15.6. The highest BCUT2D eigenvalue weighted by molar-refractivity contribution is 5.73. The van der Waals surface area contributed by atoms with Gasteiger partial charge in [-0.3, -0.25) is 9.69 Å². The van der Waals surface area contributed by atoms with Gasteiger partial charge in [-0.2, -0.15) is 0 Å². The SMILES string of the molecule is COC(=O)C1C(O)C(O)CC2CN3CCC4c5ccccc5NC4C3CC21. The van der Waals surface area contributed by atoms with E-state index in [0.717, 1.165) is 25.9 Å². The lowest BCUT2D eigenvalue weighted by molar-refractivity contribution is -0.172. The number of nitrogens with one attached hydrogen (secondary N) is 1. The number of methoxy groups -OCH3 is 1. The monoisotopic (exact) mass is 372 g/mol. The van der Waals surface area contributed by atoms with Crippen LogP contribution in [0.25, 0.3) is 0 Å². The van der Waals surface area contributed by atoms with Crippen LogP contribution >= 0.6 is 0 Å². The number of esters is 1. The van der Waals surface area contributed by atoms with Crippen LogP contribution in [0.4, 0.5) is 5.69 Å². The van der Waals surface area contributed by atoms with Crippen molar-refractivity contribution in [2.24, 2.45) is 17.8 Å². The van der Waals surface area contributed by atoms with E-state index in [2.05, 4.69) is 34.5 Å². The molecular formula is C21H28N2O4. The van der Waals surface area contributed by atoms with Gasteiger partial charge in [0.1, 0.15) is 0 Å². The molecule has 6 nitrogen and oxygen atoms in total. The van der Waals surface area contributed by atoms with Crippen molar-refractivity contribution in [2.45, 2.75) is 49.5 Å². The summed E-state index contributed by atoms with van der Waals surface area (Å²) in [5, 5.41) is 24.6. The van der Waals surface area contributed by atoms with E-state index in [-0.39, 0.29) is 17.8 Å². The minimum atomic E-state index is -1.03. The summed E-state index contributed by atoms with van der Waals surface area (Å²) in [5.41, 5.74) is 2.65. The highest BCUT2D eigenvalue weighted by Gasteiger charge is 2.54. The van der Waals surface area contributed by atoms with Crippen LogP contribution < -0.4 is 5.32 Å². The van der Waals surface area contributed by atoms with Crippen LogP contribution in [-0.4, -0.2) is 65.6 Å². The van der Waals surface area contributed by atoms with Crippen LogP contribution in [0.5, 0.6) is 0 Å². The maximum absolute atomic E-state index is 12.4. The number of benzene rings is 1. The zero-order chi connectivity index (χ0) is 18.7. The van der Waals surface area contributed by atoms with Crippen molar-refractivity contribution >= 4 is 11.7 Å². The largest absolute Gasteiger partial charge is 0.469 e. The van der Waals surface area contributed by atoms with Crippen molar-refractivity contribution in [1.29, 1.82) is 0 Å².